The fourth-order valence-electron chi connectivity index (χ4n) is 1.61. The van der Waals surface area contributed by atoms with Crippen molar-refractivity contribution < 1.29 is 0 Å². The number of nitrogens with zero attached hydrogens (tertiary/aromatic N) is 2. The van der Waals surface area contributed by atoms with Crippen LogP contribution in [-0.2, 0) is 0 Å². The normalized spacial score (nSPS) is 19.0. The molecule has 0 bridgehead atoms. The van der Waals surface area contributed by atoms with Gasteiger partial charge >= 0.3 is 0 Å². The molecule has 1 atom stereocenters. The number of anilines is 1. The number of hydrogen-bond donors (Lipinski definition) is 2. The molecule has 0 aliphatic heterocycles. The number of nitrogens with two attached hydrogens (primary N) is 1. The predicted octanol–water partition coefficient (Wildman–Crippen LogP) is 1.39. The summed E-state index contributed by atoms with van der Waals surface area (Å²) in [6.07, 6.45) is 3.92. The van der Waals surface area contributed by atoms with Crippen molar-refractivity contribution in [1.29, 1.82) is 0 Å². The molecule has 0 saturated heterocycles. The summed E-state index contributed by atoms with van der Waals surface area (Å²) in [6.45, 7) is 2.77. The quantitative estimate of drug-likeness (QED) is 0.791. The molecule has 0 radical (unpaired) electrons. The van der Waals surface area contributed by atoms with E-state index in [0.29, 0.717) is 0 Å². The second-order valence-electron chi connectivity index (χ2n) is 3.86. The van der Waals surface area contributed by atoms with Gasteiger partial charge in [-0.05, 0) is 25.7 Å². The van der Waals surface area contributed by atoms with Gasteiger partial charge in [0.15, 0.2) is 0 Å². The summed E-state index contributed by atoms with van der Waals surface area (Å²) < 4.78 is 0. The van der Waals surface area contributed by atoms with Gasteiger partial charge in [0.2, 0.25) is 5.13 Å². The first-order valence-electron chi connectivity index (χ1n) is 5.05. The molecule has 0 aromatic carbocycles. The Morgan fingerprint density at radius 3 is 2.86 bits per heavy atom. The minimum Gasteiger partial charge on any atom is -0.359 e. The molecule has 2 rings (SSSR count). The molecule has 0 amide bonds. The van der Waals surface area contributed by atoms with Gasteiger partial charge in [0.1, 0.15) is 5.01 Å². The lowest BCUT2D eigenvalue weighted by molar-refractivity contribution is 0.268. The monoisotopic (exact) mass is 212 g/mol. The van der Waals surface area contributed by atoms with E-state index >= 15 is 0 Å². The SMILES string of the molecule is Cc1nnc(NCC(N)C2CCC2)s1. The van der Waals surface area contributed by atoms with Crippen molar-refractivity contribution in [2.45, 2.75) is 32.2 Å². The van der Waals surface area contributed by atoms with Crippen molar-refractivity contribution in [1.82, 2.24) is 10.2 Å². The average Bonchev–Trinajstić information content (AvgIpc) is 2.45. The van der Waals surface area contributed by atoms with Gasteiger partial charge in [0.05, 0.1) is 0 Å². The zero-order chi connectivity index (χ0) is 9.97. The average molecular weight is 212 g/mol. The number of aromatic nitrogens is 2. The van der Waals surface area contributed by atoms with Crippen molar-refractivity contribution in [2.75, 3.05) is 11.9 Å². The lowest BCUT2D eigenvalue weighted by atomic mass is 9.80. The summed E-state index contributed by atoms with van der Waals surface area (Å²) in [4.78, 5) is 0. The molecule has 1 unspecified atom stereocenters. The highest BCUT2D eigenvalue weighted by atomic mass is 32.1. The van der Waals surface area contributed by atoms with E-state index in [-0.39, 0.29) is 6.04 Å². The highest BCUT2D eigenvalue weighted by molar-refractivity contribution is 7.15. The molecule has 1 saturated carbocycles. The van der Waals surface area contributed by atoms with Gasteiger partial charge in [-0.3, -0.25) is 0 Å². The summed E-state index contributed by atoms with van der Waals surface area (Å²) in [5.41, 5.74) is 6.03. The van der Waals surface area contributed by atoms with Crippen LogP contribution < -0.4 is 11.1 Å². The Kier molecular flexibility index (Phi) is 2.98. The Hall–Kier alpha value is -0.680. The van der Waals surface area contributed by atoms with Crippen LogP contribution in [0.5, 0.6) is 0 Å². The molecular formula is C9H16N4S. The topological polar surface area (TPSA) is 63.8 Å². The summed E-state index contributed by atoms with van der Waals surface area (Å²) in [5, 5.41) is 13.0. The summed E-state index contributed by atoms with van der Waals surface area (Å²) in [5.74, 6) is 0.719. The highest BCUT2D eigenvalue weighted by Gasteiger charge is 2.24. The first-order valence-corrected chi connectivity index (χ1v) is 5.87. The minimum atomic E-state index is 0.271. The van der Waals surface area contributed by atoms with Gasteiger partial charge < -0.3 is 11.1 Å². The van der Waals surface area contributed by atoms with Crippen molar-refractivity contribution in [3.8, 4) is 0 Å². The van der Waals surface area contributed by atoms with Crippen LogP contribution in [0.3, 0.4) is 0 Å². The van der Waals surface area contributed by atoms with Gasteiger partial charge in [-0.15, -0.1) is 10.2 Å². The first kappa shape index (κ1) is 9.86. The maximum absolute atomic E-state index is 6.03. The molecular weight excluding hydrogens is 196 g/mol. The molecule has 5 heteroatoms. The first-order chi connectivity index (χ1) is 6.75. The van der Waals surface area contributed by atoms with Crippen LogP contribution in [0.2, 0.25) is 0 Å². The van der Waals surface area contributed by atoms with Crippen molar-refractivity contribution >= 4 is 16.5 Å². The standard InChI is InChI=1S/C9H16N4S/c1-6-12-13-9(14-6)11-5-8(10)7-3-2-4-7/h7-8H,2-5,10H2,1H3,(H,11,13). The zero-order valence-electron chi connectivity index (χ0n) is 8.36. The van der Waals surface area contributed by atoms with Gasteiger partial charge in [-0.1, -0.05) is 17.8 Å². The molecule has 1 aliphatic carbocycles. The molecule has 78 valence electrons. The van der Waals surface area contributed by atoms with Crippen LogP contribution in [-0.4, -0.2) is 22.8 Å². The Bertz CT molecular complexity index is 295. The number of rotatable bonds is 4. The molecule has 1 aliphatic rings. The molecule has 14 heavy (non-hydrogen) atoms. The van der Waals surface area contributed by atoms with Crippen molar-refractivity contribution in [3.63, 3.8) is 0 Å². The molecule has 1 aromatic rings. The van der Waals surface area contributed by atoms with Crippen LogP contribution in [0.15, 0.2) is 0 Å². The molecule has 1 heterocycles. The second kappa shape index (κ2) is 4.23. The van der Waals surface area contributed by atoms with Crippen LogP contribution in [0.25, 0.3) is 0 Å². The van der Waals surface area contributed by atoms with E-state index in [1.54, 1.807) is 11.3 Å². The number of nitrogens with one attached hydrogen (secondary N) is 1. The van der Waals surface area contributed by atoms with Crippen LogP contribution in [0.1, 0.15) is 24.3 Å². The van der Waals surface area contributed by atoms with E-state index in [4.69, 9.17) is 5.73 Å². The van der Waals surface area contributed by atoms with Crippen molar-refractivity contribution in [3.05, 3.63) is 5.01 Å². The van der Waals surface area contributed by atoms with Gasteiger partial charge in [-0.25, -0.2) is 0 Å². The third-order valence-electron chi connectivity index (χ3n) is 2.77. The Labute approximate surface area is 87.9 Å². The fourth-order valence-corrected chi connectivity index (χ4v) is 2.21. The maximum Gasteiger partial charge on any atom is 0.205 e. The van der Waals surface area contributed by atoms with Crippen LogP contribution in [0, 0.1) is 12.8 Å². The number of aryl methyl sites for hydroxylation is 1. The predicted molar refractivity (Wildman–Crippen MR) is 58.5 cm³/mol. The third kappa shape index (κ3) is 2.22. The van der Waals surface area contributed by atoms with Gasteiger partial charge in [0.25, 0.3) is 0 Å². The van der Waals surface area contributed by atoms with Gasteiger partial charge in [0, 0.05) is 12.6 Å². The van der Waals surface area contributed by atoms with E-state index in [1.807, 2.05) is 6.92 Å². The van der Waals surface area contributed by atoms with E-state index < -0.39 is 0 Å². The molecule has 3 N–H and O–H groups in total. The van der Waals surface area contributed by atoms with E-state index in [0.717, 1.165) is 22.6 Å². The largest absolute Gasteiger partial charge is 0.359 e. The molecule has 0 spiro atoms. The van der Waals surface area contributed by atoms with Crippen molar-refractivity contribution in [2.24, 2.45) is 11.7 Å². The Balaban J connectivity index is 1.76. The maximum atomic E-state index is 6.03. The Morgan fingerprint density at radius 1 is 1.57 bits per heavy atom. The van der Waals surface area contributed by atoms with E-state index in [1.165, 1.54) is 19.3 Å². The summed E-state index contributed by atoms with van der Waals surface area (Å²) in [6, 6.07) is 0.271. The minimum absolute atomic E-state index is 0.271. The van der Waals surface area contributed by atoms with E-state index in [2.05, 4.69) is 15.5 Å². The highest BCUT2D eigenvalue weighted by Crippen LogP contribution is 2.28. The van der Waals surface area contributed by atoms with E-state index in [9.17, 15) is 0 Å². The second-order valence-corrected chi connectivity index (χ2v) is 5.04. The van der Waals surface area contributed by atoms with Crippen LogP contribution >= 0.6 is 11.3 Å². The third-order valence-corrected chi connectivity index (χ3v) is 3.57. The van der Waals surface area contributed by atoms with Gasteiger partial charge in [-0.2, -0.15) is 0 Å². The Morgan fingerprint density at radius 2 is 2.36 bits per heavy atom. The lowest BCUT2D eigenvalue weighted by Gasteiger charge is -2.31. The number of hydrogen-bond acceptors (Lipinski definition) is 5. The fraction of sp³-hybridized carbons (Fsp3) is 0.778. The summed E-state index contributed by atoms with van der Waals surface area (Å²) >= 11 is 1.58. The summed E-state index contributed by atoms with van der Waals surface area (Å²) in [7, 11) is 0. The smallest absolute Gasteiger partial charge is 0.205 e. The molecule has 4 nitrogen and oxygen atoms in total. The lowest BCUT2D eigenvalue weighted by Crippen LogP contribution is -2.40. The molecule has 1 fully saturated rings. The molecule has 1 aromatic heterocycles. The zero-order valence-corrected chi connectivity index (χ0v) is 9.18. The van der Waals surface area contributed by atoms with Crippen LogP contribution in [0.4, 0.5) is 5.13 Å².